The van der Waals surface area contributed by atoms with Crippen LogP contribution in [0, 0.1) is 0 Å². The van der Waals surface area contributed by atoms with E-state index in [-0.39, 0.29) is 17.2 Å². The second kappa shape index (κ2) is 11.7. The molecule has 0 aliphatic carbocycles. The van der Waals surface area contributed by atoms with Crippen molar-refractivity contribution in [1.82, 2.24) is 30.3 Å². The van der Waals surface area contributed by atoms with Crippen LogP contribution in [0.4, 0.5) is 13.2 Å². The highest BCUT2D eigenvalue weighted by atomic mass is 32.2. The minimum Gasteiger partial charge on any atom is -0.496 e. The Morgan fingerprint density at radius 2 is 1.78 bits per heavy atom. The van der Waals surface area contributed by atoms with Gasteiger partial charge in [-0.05, 0) is 48.4 Å². The molecule has 1 N–H and O–H groups in total. The van der Waals surface area contributed by atoms with Crippen LogP contribution in [0.3, 0.4) is 0 Å². The lowest BCUT2D eigenvalue weighted by Gasteiger charge is -2.11. The van der Waals surface area contributed by atoms with E-state index in [0.29, 0.717) is 29.5 Å². The zero-order valence-electron chi connectivity index (χ0n) is 19.5. The van der Waals surface area contributed by atoms with Gasteiger partial charge in [-0.2, -0.15) is 0 Å². The number of hydrogen-bond donors (Lipinski definition) is 1. The maximum atomic E-state index is 13.0. The van der Waals surface area contributed by atoms with E-state index in [1.54, 1.807) is 25.6 Å². The Morgan fingerprint density at radius 3 is 2.49 bits per heavy atom. The molecule has 1 amide bonds. The third-order valence-electron chi connectivity index (χ3n) is 5.05. The summed E-state index contributed by atoms with van der Waals surface area (Å²) >= 11 is 1.26. The molecule has 13 heteroatoms. The molecule has 0 aliphatic rings. The number of amides is 1. The lowest BCUT2D eigenvalue weighted by Crippen LogP contribution is -2.27. The second-order valence-corrected chi connectivity index (χ2v) is 8.42. The summed E-state index contributed by atoms with van der Waals surface area (Å²) in [5.74, 6) is 0.134. The van der Waals surface area contributed by atoms with Gasteiger partial charge in [-0.25, -0.2) is 14.6 Å². The molecule has 0 unspecified atom stereocenters. The van der Waals surface area contributed by atoms with E-state index in [1.165, 1.54) is 28.6 Å². The molecule has 0 bridgehead atoms. The number of ether oxygens (including phenoxy) is 2. The molecule has 0 fully saturated rings. The number of methoxy groups -OCH3 is 1. The quantitative estimate of drug-likeness (QED) is 0.240. The van der Waals surface area contributed by atoms with Crippen molar-refractivity contribution < 1.29 is 27.4 Å². The second-order valence-electron chi connectivity index (χ2n) is 7.48. The van der Waals surface area contributed by atoms with Crippen LogP contribution in [-0.2, 0) is 12.2 Å². The van der Waals surface area contributed by atoms with Gasteiger partial charge in [-0.15, -0.1) is 18.3 Å². The van der Waals surface area contributed by atoms with E-state index in [4.69, 9.17) is 4.74 Å². The van der Waals surface area contributed by atoms with Crippen molar-refractivity contribution in [3.05, 3.63) is 83.9 Å². The monoisotopic (exact) mass is 530 g/mol. The molecule has 4 aromatic rings. The number of alkyl halides is 3. The molecule has 0 saturated heterocycles. The highest BCUT2D eigenvalue weighted by molar-refractivity contribution is 7.98. The Bertz CT molecular complexity index is 1330. The first-order chi connectivity index (χ1) is 17.8. The standard InChI is InChI=1S/C24H21F3N6O3S/c1-35-20-6-3-2-5-16(20)11-14-28-22(34)21-19(15-37-23-29-12-4-13-30-23)33(32-31-21)17-7-9-18(10-8-17)36-24(25,26)27/h2-10,12-13H,11,14-15H2,1H3,(H,28,34). The number of aromatic nitrogens is 5. The molecule has 0 spiro atoms. The number of rotatable bonds is 10. The SMILES string of the molecule is COc1ccccc1CCNC(=O)c1nnn(-c2ccc(OC(F)(F)F)cc2)c1CSc1ncccn1. The lowest BCUT2D eigenvalue weighted by atomic mass is 10.1. The molecule has 2 aromatic carbocycles. The van der Waals surface area contributed by atoms with E-state index < -0.39 is 12.3 Å². The first-order valence-electron chi connectivity index (χ1n) is 10.9. The van der Waals surface area contributed by atoms with Crippen molar-refractivity contribution in [2.24, 2.45) is 0 Å². The Morgan fingerprint density at radius 1 is 1.05 bits per heavy atom. The molecule has 192 valence electrons. The average molecular weight is 531 g/mol. The minimum absolute atomic E-state index is 0.0825. The van der Waals surface area contributed by atoms with Gasteiger partial charge in [0.15, 0.2) is 10.9 Å². The fourth-order valence-corrected chi connectivity index (χ4v) is 4.20. The van der Waals surface area contributed by atoms with Gasteiger partial charge in [0.05, 0.1) is 18.5 Å². The molecule has 4 rings (SSSR count). The van der Waals surface area contributed by atoms with Crippen LogP contribution in [0.25, 0.3) is 5.69 Å². The smallest absolute Gasteiger partial charge is 0.496 e. The number of para-hydroxylation sites is 1. The summed E-state index contributed by atoms with van der Waals surface area (Å²) in [7, 11) is 1.58. The van der Waals surface area contributed by atoms with Crippen LogP contribution in [0.2, 0.25) is 0 Å². The highest BCUT2D eigenvalue weighted by Crippen LogP contribution is 2.26. The van der Waals surface area contributed by atoms with Gasteiger partial charge in [0, 0.05) is 24.7 Å². The first kappa shape index (κ1) is 25.9. The van der Waals surface area contributed by atoms with E-state index >= 15 is 0 Å². The van der Waals surface area contributed by atoms with Crippen molar-refractivity contribution in [1.29, 1.82) is 0 Å². The van der Waals surface area contributed by atoms with Crippen molar-refractivity contribution in [3.8, 4) is 17.2 Å². The topological polar surface area (TPSA) is 104 Å². The molecule has 2 heterocycles. The Kier molecular flexibility index (Phi) is 8.23. The number of carbonyl (C=O) groups excluding carboxylic acids is 1. The van der Waals surface area contributed by atoms with Crippen molar-refractivity contribution in [2.45, 2.75) is 23.7 Å². The first-order valence-corrected chi connectivity index (χ1v) is 11.9. The zero-order valence-corrected chi connectivity index (χ0v) is 20.3. The summed E-state index contributed by atoms with van der Waals surface area (Å²) < 4.78 is 48.2. The van der Waals surface area contributed by atoms with Crippen molar-refractivity contribution in [3.63, 3.8) is 0 Å². The summed E-state index contributed by atoms with van der Waals surface area (Å²) in [5.41, 5.74) is 1.85. The Hall–Kier alpha value is -4.13. The average Bonchev–Trinajstić information content (AvgIpc) is 3.32. The van der Waals surface area contributed by atoms with E-state index in [9.17, 15) is 18.0 Å². The largest absolute Gasteiger partial charge is 0.573 e. The van der Waals surface area contributed by atoms with Gasteiger partial charge in [0.1, 0.15) is 11.5 Å². The molecule has 2 aromatic heterocycles. The maximum Gasteiger partial charge on any atom is 0.573 e. The molecule has 0 aliphatic heterocycles. The van der Waals surface area contributed by atoms with E-state index in [0.717, 1.165) is 23.4 Å². The van der Waals surface area contributed by atoms with Gasteiger partial charge in [-0.3, -0.25) is 4.79 Å². The normalized spacial score (nSPS) is 11.2. The fraction of sp³-hybridized carbons (Fsp3) is 0.208. The van der Waals surface area contributed by atoms with E-state index in [2.05, 4.69) is 30.3 Å². The van der Waals surface area contributed by atoms with Crippen molar-refractivity contribution >= 4 is 17.7 Å². The van der Waals surface area contributed by atoms with Crippen LogP contribution in [0.1, 0.15) is 21.7 Å². The maximum absolute atomic E-state index is 13.0. The number of nitrogens with zero attached hydrogens (tertiary/aromatic N) is 5. The molecule has 37 heavy (non-hydrogen) atoms. The molecular formula is C24H21F3N6O3S. The van der Waals surface area contributed by atoms with Gasteiger partial charge in [0.25, 0.3) is 5.91 Å². The summed E-state index contributed by atoms with van der Waals surface area (Å²) in [6.07, 6.45) is -1.08. The number of hydrogen-bond acceptors (Lipinski definition) is 8. The molecule has 0 atom stereocenters. The highest BCUT2D eigenvalue weighted by Gasteiger charge is 2.31. The van der Waals surface area contributed by atoms with E-state index in [1.807, 2.05) is 24.3 Å². The number of benzene rings is 2. The van der Waals surface area contributed by atoms with Gasteiger partial charge in [0.2, 0.25) is 0 Å². The summed E-state index contributed by atoms with van der Waals surface area (Å²) in [5, 5.41) is 11.5. The van der Waals surface area contributed by atoms with Crippen LogP contribution in [-0.4, -0.2) is 50.9 Å². The predicted molar refractivity (Wildman–Crippen MR) is 129 cm³/mol. The predicted octanol–water partition coefficient (Wildman–Crippen LogP) is 4.23. The van der Waals surface area contributed by atoms with Crippen LogP contribution >= 0.6 is 11.8 Å². The minimum atomic E-state index is -4.80. The zero-order chi connectivity index (χ0) is 26.3. The number of halogens is 3. The van der Waals surface area contributed by atoms with Crippen LogP contribution < -0.4 is 14.8 Å². The fourth-order valence-electron chi connectivity index (χ4n) is 3.40. The third kappa shape index (κ3) is 6.97. The van der Waals surface area contributed by atoms with Gasteiger partial charge in [-0.1, -0.05) is 35.2 Å². The summed E-state index contributed by atoms with van der Waals surface area (Å²) in [4.78, 5) is 21.4. The number of carbonyl (C=O) groups is 1. The third-order valence-corrected chi connectivity index (χ3v) is 5.93. The molecule has 0 radical (unpaired) electrons. The molecule has 0 saturated carbocycles. The summed E-state index contributed by atoms with van der Waals surface area (Å²) in [6, 6.07) is 14.3. The van der Waals surface area contributed by atoms with Crippen LogP contribution in [0.5, 0.6) is 11.5 Å². The summed E-state index contributed by atoms with van der Waals surface area (Å²) in [6.45, 7) is 0.323. The number of nitrogens with one attached hydrogen (secondary N) is 1. The Balaban J connectivity index is 1.54. The van der Waals surface area contributed by atoms with Crippen LogP contribution in [0.15, 0.2) is 72.1 Å². The lowest BCUT2D eigenvalue weighted by molar-refractivity contribution is -0.274. The molecular weight excluding hydrogens is 509 g/mol. The Labute approximate surface area is 214 Å². The van der Waals surface area contributed by atoms with Crippen molar-refractivity contribution in [2.75, 3.05) is 13.7 Å². The van der Waals surface area contributed by atoms with Gasteiger partial charge < -0.3 is 14.8 Å². The van der Waals surface area contributed by atoms with Gasteiger partial charge >= 0.3 is 6.36 Å². The molecule has 9 nitrogen and oxygen atoms in total. The number of thioether (sulfide) groups is 1.